The van der Waals surface area contributed by atoms with E-state index < -0.39 is 12.1 Å². The number of amides is 4. The van der Waals surface area contributed by atoms with Crippen LogP contribution in [0.15, 0.2) is 91.0 Å². The van der Waals surface area contributed by atoms with Crippen LogP contribution >= 0.6 is 0 Å². The number of hydrogen-bond donors (Lipinski definition) is 3. The Kier molecular flexibility index (Phi) is 12.5. The number of carbonyl (C=O) groups is 3. The van der Waals surface area contributed by atoms with Crippen molar-refractivity contribution in [2.75, 3.05) is 44.0 Å². The maximum absolute atomic E-state index is 14.4. The number of ether oxygens (including phenoxy) is 2. The fourth-order valence-electron chi connectivity index (χ4n) is 6.15. The van der Waals surface area contributed by atoms with Crippen LogP contribution in [0, 0.1) is 5.92 Å². The lowest BCUT2D eigenvalue weighted by atomic mass is 10.0. The second-order valence-electron chi connectivity index (χ2n) is 13.2. The van der Waals surface area contributed by atoms with E-state index in [-0.39, 0.29) is 48.6 Å². The van der Waals surface area contributed by atoms with Gasteiger partial charge < -0.3 is 35.0 Å². The van der Waals surface area contributed by atoms with Gasteiger partial charge in [-0.2, -0.15) is 0 Å². The number of anilines is 2. The van der Waals surface area contributed by atoms with Gasteiger partial charge >= 0.3 is 6.03 Å². The van der Waals surface area contributed by atoms with Crippen LogP contribution in [0.3, 0.4) is 0 Å². The average molecular weight is 681 g/mol. The van der Waals surface area contributed by atoms with E-state index >= 15 is 0 Å². The second kappa shape index (κ2) is 17.1. The lowest BCUT2D eigenvalue weighted by Gasteiger charge is -2.35. The van der Waals surface area contributed by atoms with Crippen LogP contribution in [-0.2, 0) is 4.74 Å². The maximum atomic E-state index is 14.4. The summed E-state index contributed by atoms with van der Waals surface area (Å²) in [6.07, 6.45) is 1.81. The third-order valence-corrected chi connectivity index (χ3v) is 9.18. The molecule has 0 spiro atoms. The lowest BCUT2D eigenvalue weighted by Crippen LogP contribution is -2.48. The first-order valence-corrected chi connectivity index (χ1v) is 17.3. The minimum absolute atomic E-state index is 0.184. The Morgan fingerprint density at radius 1 is 0.960 bits per heavy atom. The summed E-state index contributed by atoms with van der Waals surface area (Å²) in [6, 6.07) is 26.9. The van der Waals surface area contributed by atoms with E-state index in [0.29, 0.717) is 30.2 Å². The van der Waals surface area contributed by atoms with E-state index in [2.05, 4.69) is 10.6 Å². The summed E-state index contributed by atoms with van der Waals surface area (Å²) >= 11 is 0. The normalized spacial score (nSPS) is 19.4. The number of likely N-dealkylation sites (N-methyl/N-ethyl adjacent to an activating group) is 1. The van der Waals surface area contributed by atoms with Crippen LogP contribution in [0.1, 0.15) is 60.7 Å². The Morgan fingerprint density at radius 3 is 2.48 bits per heavy atom. The van der Waals surface area contributed by atoms with Crippen LogP contribution in [-0.4, -0.2) is 84.4 Å². The molecule has 1 heterocycles. The summed E-state index contributed by atoms with van der Waals surface area (Å²) in [6.45, 7) is 6.53. The molecule has 0 unspecified atom stereocenters. The summed E-state index contributed by atoms with van der Waals surface area (Å²) in [4.78, 5) is 44.1. The molecule has 0 saturated heterocycles. The predicted molar refractivity (Wildman–Crippen MR) is 197 cm³/mol. The predicted octanol–water partition coefficient (Wildman–Crippen LogP) is 7.05. The molecule has 4 aromatic rings. The molecule has 0 fully saturated rings. The number of fused-ring (bicyclic) bond motifs is 2. The number of nitrogens with zero attached hydrogens (tertiary/aromatic N) is 2. The Labute approximate surface area is 294 Å². The minimum atomic E-state index is -0.529. The summed E-state index contributed by atoms with van der Waals surface area (Å²) in [5.41, 5.74) is 1.96. The molecule has 0 bridgehead atoms. The zero-order valence-electron chi connectivity index (χ0n) is 29.3. The van der Waals surface area contributed by atoms with Gasteiger partial charge in [0.05, 0.1) is 36.1 Å². The first kappa shape index (κ1) is 36.4. The van der Waals surface area contributed by atoms with E-state index in [4.69, 9.17) is 9.47 Å². The van der Waals surface area contributed by atoms with Crippen molar-refractivity contribution < 1.29 is 29.0 Å². The molecule has 4 aromatic carbocycles. The number of carbonyl (C=O) groups excluding carboxylic acids is 3. The second-order valence-corrected chi connectivity index (χ2v) is 13.2. The first-order valence-electron chi connectivity index (χ1n) is 17.3. The topological polar surface area (TPSA) is 120 Å². The van der Waals surface area contributed by atoms with Crippen LogP contribution in [0.2, 0.25) is 0 Å². The van der Waals surface area contributed by atoms with E-state index in [1.165, 1.54) is 0 Å². The maximum Gasteiger partial charge on any atom is 0.321 e. The third kappa shape index (κ3) is 9.19. The number of hydrogen-bond acceptors (Lipinski definition) is 6. The van der Waals surface area contributed by atoms with Gasteiger partial charge in [0.15, 0.2) is 0 Å². The highest BCUT2D eigenvalue weighted by molar-refractivity contribution is 6.05. The quantitative estimate of drug-likeness (QED) is 0.192. The van der Waals surface area contributed by atoms with Crippen molar-refractivity contribution in [2.24, 2.45) is 5.92 Å². The Hall–Kier alpha value is -4.93. The SMILES string of the molecule is C[C@@H]1CN([C@@H](C)CO)C(=O)c2cc(NC(=O)c3ccccc3)ccc2O[C@@H](C)CCCCO[C@H]1CN(C)C(=O)Nc1cccc2ccccc12. The molecule has 0 aromatic heterocycles. The first-order chi connectivity index (χ1) is 24.1. The van der Waals surface area contributed by atoms with E-state index in [1.54, 1.807) is 66.2 Å². The van der Waals surface area contributed by atoms with Crippen LogP contribution < -0.4 is 15.4 Å². The number of urea groups is 1. The average Bonchev–Trinajstić information content (AvgIpc) is 3.13. The van der Waals surface area contributed by atoms with Crippen molar-refractivity contribution in [1.82, 2.24) is 9.80 Å². The molecule has 0 saturated carbocycles. The van der Waals surface area contributed by atoms with Gasteiger partial charge in [0.2, 0.25) is 0 Å². The van der Waals surface area contributed by atoms with Crippen molar-refractivity contribution in [3.05, 3.63) is 102 Å². The highest BCUT2D eigenvalue weighted by Crippen LogP contribution is 2.29. The van der Waals surface area contributed by atoms with Gasteiger partial charge in [-0.05, 0) is 74.9 Å². The van der Waals surface area contributed by atoms with Gasteiger partial charge in [-0.25, -0.2) is 4.79 Å². The molecule has 1 aliphatic rings. The molecule has 3 N–H and O–H groups in total. The molecular weight excluding hydrogens is 632 g/mol. The molecule has 0 radical (unpaired) electrons. The van der Waals surface area contributed by atoms with Crippen molar-refractivity contribution in [1.29, 1.82) is 0 Å². The van der Waals surface area contributed by atoms with Gasteiger partial charge in [-0.15, -0.1) is 0 Å². The summed E-state index contributed by atoms with van der Waals surface area (Å²) in [7, 11) is 1.74. The summed E-state index contributed by atoms with van der Waals surface area (Å²) in [5.74, 6) is -0.434. The molecule has 4 amide bonds. The number of aliphatic hydroxyl groups excluding tert-OH is 1. The molecule has 1 aliphatic heterocycles. The van der Waals surface area contributed by atoms with E-state index in [0.717, 1.165) is 35.7 Å². The molecule has 4 atom stereocenters. The van der Waals surface area contributed by atoms with Gasteiger partial charge in [0.1, 0.15) is 5.75 Å². The Balaban J connectivity index is 1.38. The smallest absolute Gasteiger partial charge is 0.321 e. The van der Waals surface area contributed by atoms with Crippen molar-refractivity contribution in [2.45, 2.75) is 58.3 Å². The highest BCUT2D eigenvalue weighted by atomic mass is 16.5. The fraction of sp³-hybridized carbons (Fsp3) is 0.375. The number of rotatable bonds is 7. The minimum Gasteiger partial charge on any atom is -0.490 e. The third-order valence-electron chi connectivity index (χ3n) is 9.18. The molecule has 10 nitrogen and oxygen atoms in total. The number of nitrogens with one attached hydrogen (secondary N) is 2. The standard InChI is InChI=1S/C40H48N4O6/c1-27-24-44(28(2)26-45)39(47)34-23-32(41-38(46)31-15-6-5-7-16-31)20-21-36(34)50-29(3)13-10-11-22-49-37(27)25-43(4)40(48)42-35-19-12-17-30-14-8-9-18-33(30)35/h5-9,12,14-21,23,27-29,37,45H,10-11,13,22,24-26H2,1-4H3,(H,41,46)(H,42,48)/t27-,28+,29+,37+/m1/s1. The molecule has 5 rings (SSSR count). The Morgan fingerprint density at radius 2 is 1.70 bits per heavy atom. The number of benzene rings is 4. The van der Waals surface area contributed by atoms with Crippen molar-refractivity contribution in [3.8, 4) is 5.75 Å². The number of aliphatic hydroxyl groups is 1. The van der Waals surface area contributed by atoms with Crippen molar-refractivity contribution in [3.63, 3.8) is 0 Å². The van der Waals surface area contributed by atoms with Gasteiger partial charge in [0.25, 0.3) is 11.8 Å². The molecule has 50 heavy (non-hydrogen) atoms. The van der Waals surface area contributed by atoms with Crippen molar-refractivity contribution >= 4 is 40.0 Å². The zero-order chi connectivity index (χ0) is 35.6. The molecule has 10 heteroatoms. The zero-order valence-corrected chi connectivity index (χ0v) is 29.3. The van der Waals surface area contributed by atoms with Crippen LogP contribution in [0.25, 0.3) is 10.8 Å². The Bertz CT molecular complexity index is 1760. The molecule has 0 aliphatic carbocycles. The van der Waals surface area contributed by atoms with E-state index in [9.17, 15) is 19.5 Å². The van der Waals surface area contributed by atoms with Crippen LogP contribution in [0.5, 0.6) is 5.75 Å². The summed E-state index contributed by atoms with van der Waals surface area (Å²) in [5, 5.41) is 18.2. The van der Waals surface area contributed by atoms with Crippen LogP contribution in [0.4, 0.5) is 16.2 Å². The fourth-order valence-corrected chi connectivity index (χ4v) is 6.15. The highest BCUT2D eigenvalue weighted by Gasteiger charge is 2.31. The largest absolute Gasteiger partial charge is 0.490 e. The molecular formula is C40H48N4O6. The summed E-state index contributed by atoms with van der Waals surface area (Å²) < 4.78 is 12.7. The molecule has 264 valence electrons. The monoisotopic (exact) mass is 680 g/mol. The van der Waals surface area contributed by atoms with Gasteiger partial charge in [-0.1, -0.05) is 61.5 Å². The van der Waals surface area contributed by atoms with Gasteiger partial charge in [0, 0.05) is 49.3 Å². The lowest BCUT2D eigenvalue weighted by molar-refractivity contribution is -0.0115. The van der Waals surface area contributed by atoms with E-state index in [1.807, 2.05) is 62.4 Å². The van der Waals surface area contributed by atoms with Gasteiger partial charge in [-0.3, -0.25) is 9.59 Å².